The Morgan fingerprint density at radius 1 is 1.37 bits per heavy atom. The predicted molar refractivity (Wildman–Crippen MR) is 86.4 cm³/mol. The van der Waals surface area contributed by atoms with Gasteiger partial charge in [0, 0.05) is 22.9 Å². The van der Waals surface area contributed by atoms with E-state index in [1.54, 1.807) is 0 Å². The first kappa shape index (κ1) is 16.6. The Morgan fingerprint density at radius 3 is 2.63 bits per heavy atom. The lowest BCUT2D eigenvalue weighted by molar-refractivity contribution is 0.268. The van der Waals surface area contributed by atoms with E-state index in [-0.39, 0.29) is 0 Å². The molecule has 1 aromatic rings. The maximum atomic E-state index is 4.51. The first-order valence-corrected chi connectivity index (χ1v) is 8.05. The molecule has 1 heterocycles. The van der Waals surface area contributed by atoms with Crippen molar-refractivity contribution < 1.29 is 0 Å². The summed E-state index contributed by atoms with van der Waals surface area (Å²) in [7, 11) is 0. The molecule has 0 fully saturated rings. The normalized spacial score (nSPS) is 14.6. The lowest BCUT2D eigenvalue weighted by Crippen LogP contribution is -2.35. The van der Waals surface area contributed by atoms with Gasteiger partial charge in [-0.2, -0.15) is 0 Å². The number of hydrogen-bond acceptors (Lipinski definition) is 2. The summed E-state index contributed by atoms with van der Waals surface area (Å²) in [6.45, 7) is 11.3. The number of aromatic nitrogens is 1. The van der Waals surface area contributed by atoms with Crippen molar-refractivity contribution in [1.82, 2.24) is 10.3 Å². The molecule has 1 unspecified atom stereocenters. The van der Waals surface area contributed by atoms with Crippen LogP contribution in [-0.4, -0.2) is 18.1 Å². The largest absolute Gasteiger partial charge is 0.316 e. The molecule has 3 heteroatoms. The second kappa shape index (κ2) is 8.01. The summed E-state index contributed by atoms with van der Waals surface area (Å²) in [5.74, 6) is 0.705. The smallest absolute Gasteiger partial charge is 0.0413 e. The standard InChI is InChI=1S/C16H27BrN2/c1-5-8-16(4,12-18-10-13(2)3)9-15-7-6-14(17)11-19-15/h6-7,11,13,18H,5,8-10,12H2,1-4H3. The van der Waals surface area contributed by atoms with Crippen LogP contribution in [0.5, 0.6) is 0 Å². The molecule has 1 atom stereocenters. The van der Waals surface area contributed by atoms with Gasteiger partial charge in [-0.15, -0.1) is 0 Å². The zero-order valence-corrected chi connectivity index (χ0v) is 14.3. The average molecular weight is 327 g/mol. The van der Waals surface area contributed by atoms with E-state index in [4.69, 9.17) is 0 Å². The molecule has 0 saturated carbocycles. The van der Waals surface area contributed by atoms with Crippen molar-refractivity contribution in [3.05, 3.63) is 28.5 Å². The van der Waals surface area contributed by atoms with E-state index < -0.39 is 0 Å². The molecule has 0 amide bonds. The van der Waals surface area contributed by atoms with Gasteiger partial charge in [-0.3, -0.25) is 4.98 Å². The Bertz CT molecular complexity index is 362. The Kier molecular flexibility index (Phi) is 7.01. The number of rotatable bonds is 8. The summed E-state index contributed by atoms with van der Waals surface area (Å²) in [5, 5.41) is 3.60. The van der Waals surface area contributed by atoms with Crippen LogP contribution in [0.25, 0.3) is 0 Å². The van der Waals surface area contributed by atoms with Gasteiger partial charge in [0.1, 0.15) is 0 Å². The molecule has 0 spiro atoms. The minimum absolute atomic E-state index is 0.296. The average Bonchev–Trinajstić information content (AvgIpc) is 2.32. The monoisotopic (exact) mass is 326 g/mol. The highest BCUT2D eigenvalue weighted by Crippen LogP contribution is 2.27. The first-order valence-electron chi connectivity index (χ1n) is 7.26. The van der Waals surface area contributed by atoms with Gasteiger partial charge < -0.3 is 5.32 Å². The van der Waals surface area contributed by atoms with E-state index in [1.807, 2.05) is 6.20 Å². The second-order valence-electron chi connectivity index (χ2n) is 6.23. The van der Waals surface area contributed by atoms with Crippen LogP contribution in [0.15, 0.2) is 22.8 Å². The Balaban J connectivity index is 2.61. The lowest BCUT2D eigenvalue weighted by atomic mass is 9.81. The van der Waals surface area contributed by atoms with E-state index in [0.717, 1.165) is 24.0 Å². The fourth-order valence-electron chi connectivity index (χ4n) is 2.45. The maximum absolute atomic E-state index is 4.51. The van der Waals surface area contributed by atoms with Crippen LogP contribution in [-0.2, 0) is 6.42 Å². The van der Waals surface area contributed by atoms with E-state index in [9.17, 15) is 0 Å². The van der Waals surface area contributed by atoms with Crippen LogP contribution in [0.3, 0.4) is 0 Å². The van der Waals surface area contributed by atoms with E-state index in [1.165, 1.54) is 18.5 Å². The van der Waals surface area contributed by atoms with Crippen LogP contribution in [0.4, 0.5) is 0 Å². The Labute approximate surface area is 126 Å². The summed E-state index contributed by atoms with van der Waals surface area (Å²) in [6, 6.07) is 4.21. The fourth-order valence-corrected chi connectivity index (χ4v) is 2.69. The SMILES string of the molecule is CCCC(C)(CNCC(C)C)Cc1ccc(Br)cn1. The fraction of sp³-hybridized carbons (Fsp3) is 0.688. The lowest BCUT2D eigenvalue weighted by Gasteiger charge is -2.30. The summed E-state index contributed by atoms with van der Waals surface area (Å²) in [4.78, 5) is 4.51. The zero-order chi connectivity index (χ0) is 14.3. The minimum atomic E-state index is 0.296. The van der Waals surface area contributed by atoms with Crippen LogP contribution in [0, 0.1) is 11.3 Å². The van der Waals surface area contributed by atoms with E-state index in [0.29, 0.717) is 11.3 Å². The van der Waals surface area contributed by atoms with Crippen molar-refractivity contribution in [3.8, 4) is 0 Å². The van der Waals surface area contributed by atoms with Crippen molar-refractivity contribution >= 4 is 15.9 Å². The van der Waals surface area contributed by atoms with E-state index in [2.05, 4.69) is 66.1 Å². The molecule has 0 saturated heterocycles. The van der Waals surface area contributed by atoms with Gasteiger partial charge in [-0.1, -0.05) is 34.1 Å². The van der Waals surface area contributed by atoms with Gasteiger partial charge in [0.15, 0.2) is 0 Å². The zero-order valence-electron chi connectivity index (χ0n) is 12.7. The molecule has 0 aliphatic carbocycles. The van der Waals surface area contributed by atoms with Crippen molar-refractivity contribution in [2.75, 3.05) is 13.1 Å². The topological polar surface area (TPSA) is 24.9 Å². The summed E-state index contributed by atoms with van der Waals surface area (Å²) in [6.07, 6.45) is 5.38. The van der Waals surface area contributed by atoms with Crippen molar-refractivity contribution in [2.45, 2.75) is 47.0 Å². The van der Waals surface area contributed by atoms with Crippen LogP contribution in [0.2, 0.25) is 0 Å². The van der Waals surface area contributed by atoms with Crippen molar-refractivity contribution in [1.29, 1.82) is 0 Å². The summed E-state index contributed by atoms with van der Waals surface area (Å²) >= 11 is 3.44. The molecule has 0 bridgehead atoms. The Hall–Kier alpha value is -0.410. The molecular weight excluding hydrogens is 300 g/mol. The van der Waals surface area contributed by atoms with Gasteiger partial charge in [-0.05, 0) is 58.8 Å². The van der Waals surface area contributed by atoms with Crippen LogP contribution < -0.4 is 5.32 Å². The van der Waals surface area contributed by atoms with Gasteiger partial charge in [0.25, 0.3) is 0 Å². The van der Waals surface area contributed by atoms with Crippen molar-refractivity contribution in [2.24, 2.45) is 11.3 Å². The molecule has 0 aromatic carbocycles. The third-order valence-electron chi connectivity index (χ3n) is 3.35. The number of nitrogens with zero attached hydrogens (tertiary/aromatic N) is 1. The quantitative estimate of drug-likeness (QED) is 0.763. The molecule has 1 N–H and O–H groups in total. The molecule has 0 radical (unpaired) electrons. The number of halogens is 1. The highest BCUT2D eigenvalue weighted by atomic mass is 79.9. The maximum Gasteiger partial charge on any atom is 0.0413 e. The summed E-state index contributed by atoms with van der Waals surface area (Å²) in [5.41, 5.74) is 1.48. The summed E-state index contributed by atoms with van der Waals surface area (Å²) < 4.78 is 1.05. The third kappa shape index (κ3) is 6.53. The Morgan fingerprint density at radius 2 is 2.11 bits per heavy atom. The minimum Gasteiger partial charge on any atom is -0.316 e. The first-order chi connectivity index (χ1) is 8.95. The highest BCUT2D eigenvalue weighted by Gasteiger charge is 2.24. The molecule has 1 rings (SSSR count). The van der Waals surface area contributed by atoms with Crippen LogP contribution in [0.1, 0.15) is 46.2 Å². The third-order valence-corrected chi connectivity index (χ3v) is 3.82. The predicted octanol–water partition coefficient (Wildman–Crippen LogP) is 4.44. The second-order valence-corrected chi connectivity index (χ2v) is 7.15. The molecule has 108 valence electrons. The molecule has 0 aliphatic rings. The van der Waals surface area contributed by atoms with Crippen LogP contribution >= 0.6 is 15.9 Å². The highest BCUT2D eigenvalue weighted by molar-refractivity contribution is 9.10. The van der Waals surface area contributed by atoms with E-state index >= 15 is 0 Å². The molecular formula is C16H27BrN2. The number of pyridine rings is 1. The molecule has 19 heavy (non-hydrogen) atoms. The molecule has 1 aromatic heterocycles. The van der Waals surface area contributed by atoms with Gasteiger partial charge in [0.05, 0.1) is 0 Å². The molecule has 2 nitrogen and oxygen atoms in total. The number of hydrogen-bond donors (Lipinski definition) is 1. The van der Waals surface area contributed by atoms with Gasteiger partial charge in [-0.25, -0.2) is 0 Å². The molecule has 0 aliphatic heterocycles. The van der Waals surface area contributed by atoms with Gasteiger partial charge >= 0.3 is 0 Å². The van der Waals surface area contributed by atoms with Crippen molar-refractivity contribution in [3.63, 3.8) is 0 Å². The number of nitrogens with one attached hydrogen (secondary N) is 1. The van der Waals surface area contributed by atoms with Gasteiger partial charge in [0.2, 0.25) is 0 Å².